The second-order valence-electron chi connectivity index (χ2n) is 20.1. The zero-order valence-electron chi connectivity index (χ0n) is 43.4. The van der Waals surface area contributed by atoms with Gasteiger partial charge in [0.05, 0.1) is 24.8 Å². The van der Waals surface area contributed by atoms with Gasteiger partial charge in [0.1, 0.15) is 35.3 Å². The third-order valence-electron chi connectivity index (χ3n) is 14.1. The van der Waals surface area contributed by atoms with Crippen LogP contribution in [0.5, 0.6) is 0 Å². The number of nitrogens with zero attached hydrogens (tertiary/aromatic N) is 8. The van der Waals surface area contributed by atoms with Gasteiger partial charge >= 0.3 is 24.0 Å². The molecule has 2 saturated heterocycles. The number of likely N-dealkylation sites (tertiary alicyclic amines) is 2. The molecule has 4 aliphatic rings. The van der Waals surface area contributed by atoms with E-state index in [-0.39, 0.29) is 86.2 Å². The van der Waals surface area contributed by atoms with Crippen molar-refractivity contribution in [3.63, 3.8) is 0 Å². The maximum absolute atomic E-state index is 13.8. The van der Waals surface area contributed by atoms with E-state index in [0.29, 0.717) is 63.1 Å². The van der Waals surface area contributed by atoms with Crippen molar-refractivity contribution < 1.29 is 67.2 Å². The van der Waals surface area contributed by atoms with Crippen LogP contribution in [0.1, 0.15) is 155 Å². The molecule has 4 aromatic heterocycles. The lowest BCUT2D eigenvalue weighted by atomic mass is 10.1. The minimum Gasteiger partial charge on any atom is -0.480 e. The number of carboxylic acids is 2. The highest BCUT2D eigenvalue weighted by Gasteiger charge is 2.46. The Balaban J connectivity index is 0.676. The SMILES string of the molecule is O=C(NCCCCNC(=O)NCCCC[C@H](NC(=O)[C@@H]1C[C@@H](NC(=O)c2cn[nH]n2)CN1C(=O)c1cnoc1C1CC1)C(=O)O)NCCCC[C@H](NC(=O)[C@@H]1C[C@@H](NC(=O)c2cn[nH]n2)CN1C(=O)c1cnoc1C1CC1)C(=O)O. The number of hydrogen-bond acceptors (Lipinski definition) is 18. The van der Waals surface area contributed by atoms with Gasteiger partial charge in [0.25, 0.3) is 23.6 Å². The lowest BCUT2D eigenvalue weighted by molar-refractivity contribution is -0.143. The number of hydrogen-bond donors (Lipinski definition) is 12. The van der Waals surface area contributed by atoms with Crippen LogP contribution in [-0.2, 0) is 19.2 Å². The molecule has 6 atom stereocenters. The summed E-state index contributed by atoms with van der Waals surface area (Å²) < 4.78 is 10.7. The van der Waals surface area contributed by atoms with E-state index in [4.69, 9.17) is 9.05 Å². The molecule has 80 heavy (non-hydrogen) atoms. The number of carbonyl (C=O) groups is 10. The summed E-state index contributed by atoms with van der Waals surface area (Å²) in [6, 6.07) is -7.10. The van der Waals surface area contributed by atoms with Crippen LogP contribution in [0, 0.1) is 0 Å². The first-order chi connectivity index (χ1) is 38.6. The standard InChI is InChI=1S/C48H64N18O14/c67-39(33-21-53-63-61-33)57-27-17-35(65(23-27)43(71)29-19-55-79-37(29)25-9-10-25)41(69)59-31(45(73)74)7-1-3-13-49-47(77)51-15-5-6-16-52-48(78)50-14-4-2-8-32(46(75)76)60-42(70)36-18-28(58-40(68)34-22-54-64-62-34)24-66(36)44(72)30-20-56-80-38(30)26-11-12-26/h19-22,25-28,31-32,35-36H,1-18,23-24H2,(H,57,67)(H,58,68)(H,59,69)(H,60,70)(H,73,74)(H,75,76)(H2,49,51,77)(H2,50,52,78)(H,53,61,63)(H,54,62,64)/t27-,28-,31+,32+,35+,36+/m1/s1. The molecule has 6 heterocycles. The predicted molar refractivity (Wildman–Crippen MR) is 270 cm³/mol. The molecule has 12 N–H and O–H groups in total. The van der Waals surface area contributed by atoms with Crippen LogP contribution in [0.2, 0.25) is 0 Å². The highest BCUT2D eigenvalue weighted by Crippen LogP contribution is 2.43. The normalized spacial score (nSPS) is 19.3. The Morgan fingerprint density at radius 2 is 0.925 bits per heavy atom. The van der Waals surface area contributed by atoms with Crippen LogP contribution >= 0.6 is 0 Å². The van der Waals surface area contributed by atoms with Crippen molar-refractivity contribution in [1.82, 2.24) is 93.5 Å². The van der Waals surface area contributed by atoms with E-state index < -0.39 is 95.7 Å². The molecule has 0 aromatic carbocycles. The van der Waals surface area contributed by atoms with Crippen molar-refractivity contribution >= 4 is 59.4 Å². The summed E-state index contributed by atoms with van der Waals surface area (Å²) in [5.41, 5.74) is 0.421. The first kappa shape index (κ1) is 57.2. The Morgan fingerprint density at radius 1 is 0.550 bits per heavy atom. The van der Waals surface area contributed by atoms with Crippen molar-refractivity contribution in [1.29, 1.82) is 0 Å². The maximum atomic E-state index is 13.8. The second kappa shape index (κ2) is 27.0. The molecule has 2 aliphatic heterocycles. The van der Waals surface area contributed by atoms with Crippen LogP contribution in [0.15, 0.2) is 33.8 Å². The first-order valence-corrected chi connectivity index (χ1v) is 26.6. The van der Waals surface area contributed by atoms with Crippen LogP contribution in [0.25, 0.3) is 0 Å². The number of urea groups is 2. The Hall–Kier alpha value is -9.00. The average molecular weight is 1120 g/mol. The highest BCUT2D eigenvalue weighted by atomic mass is 16.5. The van der Waals surface area contributed by atoms with Gasteiger partial charge in [-0.2, -0.15) is 30.8 Å². The van der Waals surface area contributed by atoms with Crippen LogP contribution in [-0.4, -0.2) is 196 Å². The topological polar surface area (TPSA) is 449 Å². The smallest absolute Gasteiger partial charge is 0.326 e. The quantitative estimate of drug-likeness (QED) is 0.0297. The van der Waals surface area contributed by atoms with Gasteiger partial charge in [-0.15, -0.1) is 0 Å². The van der Waals surface area contributed by atoms with E-state index in [2.05, 4.69) is 83.7 Å². The number of aromatic amines is 2. The second-order valence-corrected chi connectivity index (χ2v) is 20.1. The van der Waals surface area contributed by atoms with Gasteiger partial charge in [0.15, 0.2) is 22.9 Å². The Morgan fingerprint density at radius 3 is 1.26 bits per heavy atom. The first-order valence-electron chi connectivity index (χ1n) is 26.6. The molecule has 0 radical (unpaired) electrons. The number of aliphatic carboxylic acids is 2. The summed E-state index contributed by atoms with van der Waals surface area (Å²) in [5, 5.41) is 68.5. The van der Waals surface area contributed by atoms with E-state index in [1.807, 2.05) is 0 Å². The summed E-state index contributed by atoms with van der Waals surface area (Å²) >= 11 is 0. The van der Waals surface area contributed by atoms with Crippen LogP contribution in [0.3, 0.4) is 0 Å². The number of amides is 10. The molecule has 0 unspecified atom stereocenters. The van der Waals surface area contributed by atoms with Gasteiger partial charge in [-0.05, 0) is 89.9 Å². The summed E-state index contributed by atoms with van der Waals surface area (Å²) in [6.45, 7) is 0.925. The molecular formula is C48H64N18O14. The Bertz CT molecular complexity index is 2640. The van der Waals surface area contributed by atoms with Crippen LogP contribution in [0.4, 0.5) is 9.59 Å². The van der Waals surface area contributed by atoms with Crippen LogP contribution < -0.4 is 42.5 Å². The van der Waals surface area contributed by atoms with E-state index in [0.717, 1.165) is 25.7 Å². The van der Waals surface area contributed by atoms with Gasteiger partial charge in [-0.3, -0.25) is 28.8 Å². The highest BCUT2D eigenvalue weighted by molar-refractivity contribution is 6.01. The summed E-state index contributed by atoms with van der Waals surface area (Å²) in [7, 11) is 0. The van der Waals surface area contributed by atoms with E-state index in [1.54, 1.807) is 0 Å². The number of carboxylic acid groups (broad SMARTS) is 2. The van der Waals surface area contributed by atoms with Crippen molar-refractivity contribution in [3.8, 4) is 0 Å². The lowest BCUT2D eigenvalue weighted by Crippen LogP contribution is -2.51. The number of H-pyrrole nitrogens is 2. The van der Waals surface area contributed by atoms with Gasteiger partial charge in [0, 0.05) is 63.2 Å². The zero-order chi connectivity index (χ0) is 56.7. The molecular weight excluding hydrogens is 1050 g/mol. The van der Waals surface area contributed by atoms with Gasteiger partial charge in [-0.25, -0.2) is 19.2 Å². The molecule has 4 aromatic rings. The molecule has 430 valence electrons. The molecule has 8 rings (SSSR count). The lowest BCUT2D eigenvalue weighted by Gasteiger charge is -2.25. The fourth-order valence-electron chi connectivity index (χ4n) is 9.56. The Labute approximate surface area is 455 Å². The largest absolute Gasteiger partial charge is 0.480 e. The van der Waals surface area contributed by atoms with Crippen molar-refractivity contribution in [2.24, 2.45) is 0 Å². The molecule has 10 amide bonds. The third-order valence-corrected chi connectivity index (χ3v) is 14.1. The number of carbonyl (C=O) groups excluding carboxylic acids is 8. The summed E-state index contributed by atoms with van der Waals surface area (Å²) in [5.74, 6) is -5.29. The summed E-state index contributed by atoms with van der Waals surface area (Å²) in [4.78, 5) is 132. The van der Waals surface area contributed by atoms with Crippen molar-refractivity contribution in [2.75, 3.05) is 39.3 Å². The number of aromatic nitrogens is 8. The van der Waals surface area contributed by atoms with Gasteiger partial charge < -0.3 is 71.6 Å². The zero-order valence-corrected chi connectivity index (χ0v) is 43.4. The van der Waals surface area contributed by atoms with E-state index in [9.17, 15) is 58.2 Å². The molecule has 0 bridgehead atoms. The number of unbranched alkanes of at least 4 members (excludes halogenated alkanes) is 3. The molecule has 32 nitrogen and oxygen atoms in total. The van der Waals surface area contributed by atoms with Crippen molar-refractivity contribution in [3.05, 3.63) is 58.8 Å². The van der Waals surface area contributed by atoms with E-state index >= 15 is 0 Å². The minimum absolute atomic E-state index is 0.00156. The van der Waals surface area contributed by atoms with Gasteiger partial charge in [0.2, 0.25) is 11.8 Å². The number of rotatable bonds is 29. The molecule has 2 saturated carbocycles. The van der Waals surface area contributed by atoms with E-state index in [1.165, 1.54) is 34.6 Å². The predicted octanol–water partition coefficient (Wildman–Crippen LogP) is -0.762. The maximum Gasteiger partial charge on any atom is 0.326 e. The third kappa shape index (κ3) is 15.4. The molecule has 32 heteroatoms. The van der Waals surface area contributed by atoms with Gasteiger partial charge in [-0.1, -0.05) is 10.3 Å². The number of nitrogens with one attached hydrogen (secondary N) is 10. The monoisotopic (exact) mass is 1120 g/mol. The molecule has 0 spiro atoms. The minimum atomic E-state index is -1.31. The van der Waals surface area contributed by atoms with Crippen molar-refractivity contribution in [2.45, 2.75) is 138 Å². The Kier molecular flexibility index (Phi) is 19.3. The average Bonchev–Trinajstić information content (AvgIpc) is 3.95. The summed E-state index contributed by atoms with van der Waals surface area (Å²) in [6.07, 6.45) is 10.8. The fourth-order valence-corrected chi connectivity index (χ4v) is 9.56. The molecule has 4 fully saturated rings. The molecule has 2 aliphatic carbocycles. The fraction of sp³-hybridized carbons (Fsp3) is 0.583.